The highest BCUT2D eigenvalue weighted by Crippen LogP contribution is 2.32. The van der Waals surface area contributed by atoms with Gasteiger partial charge in [-0.3, -0.25) is 4.79 Å². The second-order valence-electron chi connectivity index (χ2n) is 10.6. The normalized spacial score (nSPS) is 18.2. The first-order chi connectivity index (χ1) is 21.3. The van der Waals surface area contributed by atoms with E-state index in [9.17, 15) is 13.6 Å². The van der Waals surface area contributed by atoms with Gasteiger partial charge >= 0.3 is 0 Å². The summed E-state index contributed by atoms with van der Waals surface area (Å²) in [6, 6.07) is 12.6. The number of likely N-dealkylation sites (N-methyl/N-ethyl adjacent to an activating group) is 1. The highest BCUT2D eigenvalue weighted by Gasteiger charge is 2.30. The molecule has 3 heterocycles. The molecule has 3 aliphatic rings. The molecule has 1 aromatic heterocycles. The molecule has 2 atom stereocenters. The third kappa shape index (κ3) is 20.6. The minimum Gasteiger partial charge on any atom is -0.346 e. The lowest BCUT2D eigenvalue weighted by molar-refractivity contribution is -0.659. The Morgan fingerprint density at radius 1 is 0.977 bits per heavy atom. The van der Waals surface area contributed by atoms with E-state index in [2.05, 4.69) is 70.1 Å². The maximum Gasteiger partial charge on any atom is 0.248 e. The van der Waals surface area contributed by atoms with Gasteiger partial charge in [0.25, 0.3) is 0 Å². The van der Waals surface area contributed by atoms with Gasteiger partial charge in [0.15, 0.2) is 0 Å². The second kappa shape index (κ2) is 28.5. The first-order valence-electron chi connectivity index (χ1n) is 15.5. The van der Waals surface area contributed by atoms with Crippen LogP contribution >= 0.6 is 11.3 Å². The molecule has 44 heavy (non-hydrogen) atoms. The van der Waals surface area contributed by atoms with Crippen LogP contribution in [-0.4, -0.2) is 61.5 Å². The first-order valence-corrected chi connectivity index (χ1v) is 16.3. The van der Waals surface area contributed by atoms with Crippen molar-refractivity contribution >= 4 is 17.7 Å². The van der Waals surface area contributed by atoms with Crippen molar-refractivity contribution in [3.8, 4) is 38.5 Å². The van der Waals surface area contributed by atoms with E-state index in [1.54, 1.807) is 4.88 Å². The fourth-order valence-corrected chi connectivity index (χ4v) is 5.95. The Balaban J connectivity index is 0. The Kier molecular flexibility index (Phi) is 27.8. The third-order valence-corrected chi connectivity index (χ3v) is 8.43. The maximum absolute atomic E-state index is 12.2. The van der Waals surface area contributed by atoms with Gasteiger partial charge in [0.05, 0.1) is 36.9 Å². The number of carbonyl (C=O) groups excluding carboxylic acids is 1. The Labute approximate surface area is 271 Å². The molecular formula is C36H56F2N4OS+2. The lowest BCUT2D eigenvalue weighted by Gasteiger charge is -2.21. The molecule has 5 rings (SSSR count). The van der Waals surface area contributed by atoms with Gasteiger partial charge in [0.1, 0.15) is 0 Å². The van der Waals surface area contributed by atoms with Crippen LogP contribution in [0.15, 0.2) is 36.4 Å². The van der Waals surface area contributed by atoms with E-state index in [1.807, 2.05) is 52.6 Å². The molecule has 5 nitrogen and oxygen atoms in total. The number of piperidine rings is 1. The summed E-state index contributed by atoms with van der Waals surface area (Å²) in [5.74, 6) is -1.55. The molecule has 1 aromatic carbocycles. The van der Waals surface area contributed by atoms with Crippen LogP contribution in [-0.2, 0) is 11.2 Å². The number of thiazole rings is 1. The Hall–Kier alpha value is -3.22. The number of halogens is 2. The number of nitrogens with zero attached hydrogens (tertiary/aromatic N) is 2. The smallest absolute Gasteiger partial charge is 0.248 e. The second-order valence-corrected chi connectivity index (χ2v) is 11.9. The lowest BCUT2D eigenvalue weighted by Crippen LogP contribution is -2.85. The van der Waals surface area contributed by atoms with Crippen molar-refractivity contribution in [2.24, 2.45) is 0 Å². The molecule has 244 valence electrons. The summed E-state index contributed by atoms with van der Waals surface area (Å²) in [7, 11) is 2.15. The summed E-state index contributed by atoms with van der Waals surface area (Å²) < 4.78 is 24.4. The van der Waals surface area contributed by atoms with Gasteiger partial charge in [-0.15, -0.1) is 49.9 Å². The summed E-state index contributed by atoms with van der Waals surface area (Å²) >= 11 is 1.92. The number of amides is 1. The van der Waals surface area contributed by atoms with E-state index in [-0.39, 0.29) is 12.8 Å². The molecule has 0 bridgehead atoms. The summed E-state index contributed by atoms with van der Waals surface area (Å²) in [5.41, 5.74) is 1.37. The van der Waals surface area contributed by atoms with Crippen molar-refractivity contribution in [1.82, 2.24) is 9.88 Å². The van der Waals surface area contributed by atoms with E-state index < -0.39 is 5.92 Å². The van der Waals surface area contributed by atoms with Crippen LogP contribution in [0.2, 0.25) is 0 Å². The molecule has 2 saturated heterocycles. The minimum absolute atomic E-state index is 0.118. The van der Waals surface area contributed by atoms with Crippen molar-refractivity contribution in [2.75, 3.05) is 33.2 Å². The number of aromatic nitrogens is 1. The highest BCUT2D eigenvalue weighted by molar-refractivity contribution is 7.11. The van der Waals surface area contributed by atoms with Crippen LogP contribution in [0.1, 0.15) is 86.2 Å². The van der Waals surface area contributed by atoms with Crippen molar-refractivity contribution in [2.45, 2.75) is 95.9 Å². The van der Waals surface area contributed by atoms with Crippen LogP contribution in [0.3, 0.4) is 0 Å². The SMILES string of the molecule is C#C.C#C.C#C.C[NH2+][C@H](C)Cc1nc(C)sc1[C@H]1CC[NH2+]C1.FC1(F)CCCCC1.O=CN1CCCCC1.c1ccccc1. The fourth-order valence-electron chi connectivity index (χ4n) is 4.85. The van der Waals surface area contributed by atoms with Gasteiger partial charge in [0, 0.05) is 49.6 Å². The van der Waals surface area contributed by atoms with Gasteiger partial charge in [-0.2, -0.15) is 0 Å². The van der Waals surface area contributed by atoms with Crippen molar-refractivity contribution in [3.05, 3.63) is 52.0 Å². The summed E-state index contributed by atoms with van der Waals surface area (Å²) in [5, 5.41) is 5.94. The van der Waals surface area contributed by atoms with Gasteiger partial charge < -0.3 is 15.5 Å². The van der Waals surface area contributed by atoms with Crippen molar-refractivity contribution < 1.29 is 24.2 Å². The monoisotopic (exact) mass is 630 g/mol. The van der Waals surface area contributed by atoms with Gasteiger partial charge in [-0.25, -0.2) is 13.8 Å². The number of rotatable bonds is 5. The molecule has 8 heteroatoms. The van der Waals surface area contributed by atoms with E-state index in [0.29, 0.717) is 18.9 Å². The third-order valence-electron chi connectivity index (χ3n) is 7.25. The van der Waals surface area contributed by atoms with Crippen LogP contribution in [0.25, 0.3) is 0 Å². The number of hydrogen-bond donors (Lipinski definition) is 2. The largest absolute Gasteiger partial charge is 0.346 e. The van der Waals surface area contributed by atoms with E-state index >= 15 is 0 Å². The van der Waals surface area contributed by atoms with Crippen LogP contribution in [0.5, 0.6) is 0 Å². The number of terminal acetylenes is 3. The van der Waals surface area contributed by atoms with Gasteiger partial charge in [0.2, 0.25) is 12.3 Å². The molecule has 4 N–H and O–H groups in total. The Bertz CT molecular complexity index is 946. The number of hydrogen-bond acceptors (Lipinski definition) is 3. The van der Waals surface area contributed by atoms with E-state index in [4.69, 9.17) is 4.98 Å². The van der Waals surface area contributed by atoms with Crippen LogP contribution in [0.4, 0.5) is 8.78 Å². The minimum atomic E-state index is -2.32. The summed E-state index contributed by atoms with van der Waals surface area (Å²) in [6.07, 6.45) is 33.7. The molecule has 0 unspecified atom stereocenters. The van der Waals surface area contributed by atoms with E-state index in [0.717, 1.165) is 38.3 Å². The molecule has 2 aromatic rings. The number of alkyl halides is 2. The number of benzene rings is 1. The Morgan fingerprint density at radius 3 is 1.84 bits per heavy atom. The standard InChI is InChI=1S/C12H21N3S.C6H10F2.C6H11NO.C6H6.3C2H2/c1-8(13-3)6-11-12(16-9(2)15-11)10-4-5-14-7-10;7-6(8)4-2-1-3-5-6;8-6-7-4-2-1-3-5-7;1-2-4-6-5-3-1;3*1-2/h8,10,13-14H,4-7H2,1-3H3;1-5H2;6H,1-5H2;1-6H;3*1-2H/p+2/t8-,10+;;;;;;/m1....../s1. The van der Waals surface area contributed by atoms with Crippen molar-refractivity contribution in [3.63, 3.8) is 0 Å². The zero-order valence-electron chi connectivity index (χ0n) is 27.2. The van der Waals surface area contributed by atoms with E-state index in [1.165, 1.54) is 49.5 Å². The molecule has 3 fully saturated rings. The predicted molar refractivity (Wildman–Crippen MR) is 183 cm³/mol. The molecule has 1 aliphatic carbocycles. The quantitative estimate of drug-likeness (QED) is 0.349. The molecule has 1 amide bonds. The molecular weight excluding hydrogens is 574 g/mol. The number of likely N-dealkylation sites (tertiary alicyclic amines) is 1. The number of nitrogens with two attached hydrogens (primary N) is 2. The lowest BCUT2D eigenvalue weighted by atomic mass is 9.97. The molecule has 0 spiro atoms. The summed E-state index contributed by atoms with van der Waals surface area (Å²) in [4.78, 5) is 18.2. The predicted octanol–water partition coefficient (Wildman–Crippen LogP) is 5.28. The first kappa shape index (κ1) is 42.9. The maximum atomic E-state index is 12.2. The zero-order chi connectivity index (χ0) is 33.6. The van der Waals surface area contributed by atoms with Gasteiger partial charge in [-0.1, -0.05) is 42.8 Å². The molecule has 1 saturated carbocycles. The average Bonchev–Trinajstić information content (AvgIpc) is 3.75. The molecule has 2 aliphatic heterocycles. The highest BCUT2D eigenvalue weighted by atomic mass is 32.1. The van der Waals surface area contributed by atoms with Gasteiger partial charge in [-0.05, 0) is 46.0 Å². The summed E-state index contributed by atoms with van der Waals surface area (Å²) in [6.45, 7) is 8.91. The number of carbonyl (C=O) groups is 1. The number of aryl methyl sites for hydroxylation is 1. The Morgan fingerprint density at radius 2 is 1.48 bits per heavy atom. The fraction of sp³-hybridized carbons (Fsp3) is 0.556. The van der Waals surface area contributed by atoms with Crippen LogP contribution in [0, 0.1) is 45.5 Å². The zero-order valence-corrected chi connectivity index (χ0v) is 28.0. The topological polar surface area (TPSA) is 66.4 Å². The van der Waals surface area contributed by atoms with Crippen LogP contribution < -0.4 is 10.6 Å². The molecule has 0 radical (unpaired) electrons. The average molecular weight is 631 g/mol. The number of quaternary nitrogens is 2. The van der Waals surface area contributed by atoms with Crippen molar-refractivity contribution in [1.29, 1.82) is 0 Å².